The van der Waals surface area contributed by atoms with Crippen molar-refractivity contribution in [2.45, 2.75) is 6.92 Å². The number of oxime groups is 1. The Morgan fingerprint density at radius 3 is 2.94 bits per heavy atom. The van der Waals surface area contributed by atoms with Crippen LogP contribution in [0.4, 0.5) is 5.82 Å². The minimum atomic E-state index is -0.681. The van der Waals surface area contributed by atoms with Gasteiger partial charge in [0.25, 0.3) is 0 Å². The summed E-state index contributed by atoms with van der Waals surface area (Å²) in [5.74, 6) is -0.377. The molecule has 0 amide bonds. The normalized spacial score (nSPS) is 11.0. The molecule has 16 heavy (non-hydrogen) atoms. The van der Waals surface area contributed by atoms with E-state index in [4.69, 9.17) is 10.6 Å². The van der Waals surface area contributed by atoms with Crippen LogP contribution >= 0.6 is 0 Å². The maximum absolute atomic E-state index is 11.4. The Bertz CT molecular complexity index is 405. The van der Waals surface area contributed by atoms with Crippen molar-refractivity contribution in [3.63, 3.8) is 0 Å². The van der Waals surface area contributed by atoms with E-state index in [1.807, 2.05) is 0 Å². The second-order valence-corrected chi connectivity index (χ2v) is 2.65. The first-order valence-corrected chi connectivity index (χ1v) is 4.56. The molecule has 0 aliphatic rings. The number of rotatable bonds is 4. The van der Waals surface area contributed by atoms with Crippen molar-refractivity contribution in [1.82, 2.24) is 9.97 Å². The minimum Gasteiger partial charge on any atom is -0.464 e. The predicted molar refractivity (Wildman–Crippen MR) is 56.6 cm³/mol. The molecule has 7 heteroatoms. The Balaban J connectivity index is 3.06. The number of carbonyl (C=O) groups excluding carboxylic acids is 1. The molecule has 1 heterocycles. The highest BCUT2D eigenvalue weighted by Crippen LogP contribution is 2.00. The van der Waals surface area contributed by atoms with Crippen LogP contribution in [-0.4, -0.2) is 35.4 Å². The summed E-state index contributed by atoms with van der Waals surface area (Å²) in [6, 6.07) is 1.50. The van der Waals surface area contributed by atoms with Crippen molar-refractivity contribution in [1.29, 1.82) is 0 Å². The molecule has 1 rings (SSSR count). The number of nitrogen functional groups attached to an aromatic ring is 1. The Morgan fingerprint density at radius 2 is 2.38 bits per heavy atom. The number of aromatic nitrogens is 2. The van der Waals surface area contributed by atoms with Crippen LogP contribution in [-0.2, 0) is 14.4 Å². The summed E-state index contributed by atoms with van der Waals surface area (Å²) in [6.07, 6.45) is 1.42. The average Bonchev–Trinajstić information content (AvgIpc) is 2.29. The summed E-state index contributed by atoms with van der Waals surface area (Å²) >= 11 is 0. The van der Waals surface area contributed by atoms with Crippen molar-refractivity contribution in [2.24, 2.45) is 5.16 Å². The van der Waals surface area contributed by atoms with Crippen LogP contribution < -0.4 is 5.73 Å². The maximum Gasteiger partial charge on any atom is 0.364 e. The molecule has 2 N–H and O–H groups in total. The Hall–Kier alpha value is -2.18. The van der Waals surface area contributed by atoms with Gasteiger partial charge in [0.2, 0.25) is 5.71 Å². The third-order valence-corrected chi connectivity index (χ3v) is 1.55. The third kappa shape index (κ3) is 2.91. The number of hydrogen-bond acceptors (Lipinski definition) is 7. The lowest BCUT2D eigenvalue weighted by Gasteiger charge is -2.03. The molecular weight excluding hydrogens is 212 g/mol. The topological polar surface area (TPSA) is 99.7 Å². The molecule has 0 aliphatic heterocycles. The van der Waals surface area contributed by atoms with E-state index in [-0.39, 0.29) is 17.4 Å². The fourth-order valence-electron chi connectivity index (χ4n) is 0.882. The minimum absolute atomic E-state index is 0.0697. The fourth-order valence-corrected chi connectivity index (χ4v) is 0.882. The van der Waals surface area contributed by atoms with E-state index in [1.54, 1.807) is 6.92 Å². The number of nitrogens with two attached hydrogens (primary N) is 1. The molecule has 1 aromatic heterocycles. The second-order valence-electron chi connectivity index (χ2n) is 2.65. The number of hydrogen-bond donors (Lipinski definition) is 1. The van der Waals surface area contributed by atoms with Crippen molar-refractivity contribution in [2.75, 3.05) is 19.5 Å². The molecule has 1 aromatic rings. The van der Waals surface area contributed by atoms with Gasteiger partial charge in [-0.25, -0.2) is 14.8 Å². The van der Waals surface area contributed by atoms with Gasteiger partial charge in [0.1, 0.15) is 12.4 Å². The summed E-state index contributed by atoms with van der Waals surface area (Å²) < 4.78 is 4.53. The summed E-state index contributed by atoms with van der Waals surface area (Å²) in [5.41, 5.74) is 5.35. The third-order valence-electron chi connectivity index (χ3n) is 1.55. The molecule has 0 aliphatic carbocycles. The van der Waals surface area contributed by atoms with Gasteiger partial charge in [0, 0.05) is 6.20 Å². The lowest BCUT2D eigenvalue weighted by atomic mass is 10.3. The van der Waals surface area contributed by atoms with E-state index in [0.29, 0.717) is 6.61 Å². The molecule has 0 radical (unpaired) electrons. The average molecular weight is 224 g/mol. The number of esters is 1. The highest BCUT2D eigenvalue weighted by atomic mass is 16.6. The van der Waals surface area contributed by atoms with Gasteiger partial charge >= 0.3 is 5.97 Å². The number of anilines is 1. The molecule has 0 fully saturated rings. The summed E-state index contributed by atoms with van der Waals surface area (Å²) in [4.78, 5) is 23.9. The van der Waals surface area contributed by atoms with Crippen LogP contribution in [0.25, 0.3) is 0 Å². The summed E-state index contributed by atoms with van der Waals surface area (Å²) in [5, 5.41) is 3.59. The number of methoxy groups -OCH3 is 1. The first-order chi connectivity index (χ1) is 7.69. The van der Waals surface area contributed by atoms with Crippen LogP contribution in [0.5, 0.6) is 0 Å². The largest absolute Gasteiger partial charge is 0.464 e. The highest BCUT2D eigenvalue weighted by Gasteiger charge is 2.18. The van der Waals surface area contributed by atoms with E-state index in [0.717, 1.165) is 0 Å². The van der Waals surface area contributed by atoms with Gasteiger partial charge in [0.05, 0.1) is 7.11 Å². The molecule has 86 valence electrons. The summed E-state index contributed by atoms with van der Waals surface area (Å²) in [6.45, 7) is 2.06. The predicted octanol–water partition coefficient (Wildman–Crippen LogP) is -0.0276. The first-order valence-electron chi connectivity index (χ1n) is 4.56. The van der Waals surface area contributed by atoms with Crippen LogP contribution in [0.2, 0.25) is 0 Å². The van der Waals surface area contributed by atoms with Gasteiger partial charge in [-0.15, -0.1) is 0 Å². The van der Waals surface area contributed by atoms with Crippen molar-refractivity contribution < 1.29 is 14.4 Å². The smallest absolute Gasteiger partial charge is 0.364 e. The molecule has 0 saturated heterocycles. The van der Waals surface area contributed by atoms with E-state index in [1.165, 1.54) is 19.4 Å². The van der Waals surface area contributed by atoms with Crippen molar-refractivity contribution in [3.05, 3.63) is 18.1 Å². The van der Waals surface area contributed by atoms with E-state index < -0.39 is 5.97 Å². The summed E-state index contributed by atoms with van der Waals surface area (Å²) in [7, 11) is 1.23. The molecule has 0 bridgehead atoms. The fraction of sp³-hybridized carbons (Fsp3) is 0.333. The number of nitrogens with zero attached hydrogens (tertiary/aromatic N) is 3. The molecule has 0 aromatic carbocycles. The zero-order chi connectivity index (χ0) is 12.0. The Kier molecular flexibility index (Phi) is 4.19. The van der Waals surface area contributed by atoms with Gasteiger partial charge in [-0.3, -0.25) is 0 Å². The SMILES string of the molecule is CCO/N=C(\C(=O)OC)c1nccc(N)n1. The molecule has 0 unspecified atom stereocenters. The monoisotopic (exact) mass is 224 g/mol. The molecule has 0 atom stereocenters. The van der Waals surface area contributed by atoms with E-state index in [2.05, 4.69) is 19.9 Å². The van der Waals surface area contributed by atoms with Crippen molar-refractivity contribution in [3.8, 4) is 0 Å². The van der Waals surface area contributed by atoms with Crippen LogP contribution in [0.1, 0.15) is 12.7 Å². The van der Waals surface area contributed by atoms with Crippen LogP contribution in [0.15, 0.2) is 17.4 Å². The molecule has 0 saturated carbocycles. The van der Waals surface area contributed by atoms with Gasteiger partial charge < -0.3 is 15.3 Å². The zero-order valence-electron chi connectivity index (χ0n) is 9.01. The Morgan fingerprint density at radius 1 is 1.62 bits per heavy atom. The lowest BCUT2D eigenvalue weighted by molar-refractivity contribution is -0.132. The number of carbonyl (C=O) groups is 1. The van der Waals surface area contributed by atoms with E-state index in [9.17, 15) is 4.79 Å². The van der Waals surface area contributed by atoms with Gasteiger partial charge in [0.15, 0.2) is 5.82 Å². The number of ether oxygens (including phenoxy) is 1. The van der Waals surface area contributed by atoms with Gasteiger partial charge in [-0.2, -0.15) is 0 Å². The highest BCUT2D eigenvalue weighted by molar-refractivity contribution is 6.42. The van der Waals surface area contributed by atoms with Crippen molar-refractivity contribution >= 4 is 17.5 Å². The van der Waals surface area contributed by atoms with E-state index >= 15 is 0 Å². The van der Waals surface area contributed by atoms with Gasteiger partial charge in [-0.05, 0) is 13.0 Å². The van der Waals surface area contributed by atoms with Gasteiger partial charge in [-0.1, -0.05) is 5.16 Å². The molecule has 7 nitrogen and oxygen atoms in total. The molecular formula is C9H12N4O3. The van der Waals surface area contributed by atoms with Crippen LogP contribution in [0, 0.1) is 0 Å². The van der Waals surface area contributed by atoms with Crippen LogP contribution in [0.3, 0.4) is 0 Å². The maximum atomic E-state index is 11.4. The lowest BCUT2D eigenvalue weighted by Crippen LogP contribution is -2.21. The second kappa shape index (κ2) is 5.64. The molecule has 0 spiro atoms. The first kappa shape index (κ1) is 11.9. The Labute approximate surface area is 92.3 Å². The standard InChI is InChI=1S/C9H12N4O3/c1-3-16-13-7(9(14)15-2)8-11-5-4-6(10)12-8/h4-5H,3H2,1-2H3,(H2,10,11,12)/b13-7-. The zero-order valence-corrected chi connectivity index (χ0v) is 9.01. The quantitative estimate of drug-likeness (QED) is 0.438.